The van der Waals surface area contributed by atoms with Crippen LogP contribution < -0.4 is 5.32 Å². The highest BCUT2D eigenvalue weighted by Gasteiger charge is 2.45. The molecule has 1 saturated heterocycles. The fourth-order valence-corrected chi connectivity index (χ4v) is 5.25. The van der Waals surface area contributed by atoms with Crippen LogP contribution in [0.4, 0.5) is 4.39 Å². The number of nitrogens with zero attached hydrogens (tertiary/aromatic N) is 2. The molecule has 1 spiro atoms. The zero-order chi connectivity index (χ0) is 21.1. The van der Waals surface area contributed by atoms with Crippen molar-refractivity contribution in [2.75, 3.05) is 26.2 Å². The topological polar surface area (TPSA) is 69.7 Å². The highest BCUT2D eigenvalue weighted by atomic mass is 19.1. The molecule has 162 valence electrons. The number of halogens is 1. The van der Waals surface area contributed by atoms with Gasteiger partial charge in [-0.3, -0.25) is 14.4 Å². The Labute approximate surface area is 176 Å². The Morgan fingerprint density at radius 1 is 0.867 bits per heavy atom. The number of hydrogen-bond donors (Lipinski definition) is 1. The predicted octanol–water partition coefficient (Wildman–Crippen LogP) is 2.73. The summed E-state index contributed by atoms with van der Waals surface area (Å²) in [7, 11) is 0. The quantitative estimate of drug-likeness (QED) is 0.755. The molecule has 3 fully saturated rings. The van der Waals surface area contributed by atoms with E-state index in [9.17, 15) is 18.8 Å². The van der Waals surface area contributed by atoms with Crippen LogP contribution >= 0.6 is 0 Å². The molecule has 0 bridgehead atoms. The van der Waals surface area contributed by atoms with Crippen molar-refractivity contribution in [2.45, 2.75) is 57.4 Å². The SMILES string of the molecule is O=C(NC1CC2(CCCCCC2)C1)C(=O)N1CCN(C(=O)c2ccc(F)cc2)CC1. The number of nitrogens with one attached hydrogen (secondary N) is 1. The molecule has 2 saturated carbocycles. The number of benzene rings is 1. The van der Waals surface area contributed by atoms with Gasteiger partial charge in [0, 0.05) is 37.8 Å². The van der Waals surface area contributed by atoms with Crippen molar-refractivity contribution in [3.05, 3.63) is 35.6 Å². The smallest absolute Gasteiger partial charge is 0.312 e. The number of amides is 3. The highest BCUT2D eigenvalue weighted by molar-refractivity contribution is 6.35. The summed E-state index contributed by atoms with van der Waals surface area (Å²) in [6, 6.07) is 5.55. The van der Waals surface area contributed by atoms with Crippen LogP contribution in [0.2, 0.25) is 0 Å². The second kappa shape index (κ2) is 8.74. The van der Waals surface area contributed by atoms with Crippen LogP contribution in [-0.4, -0.2) is 59.7 Å². The molecule has 3 amide bonds. The van der Waals surface area contributed by atoms with Crippen molar-refractivity contribution in [3.63, 3.8) is 0 Å². The molecule has 6 nitrogen and oxygen atoms in total. The van der Waals surface area contributed by atoms with Gasteiger partial charge in [-0.15, -0.1) is 0 Å². The van der Waals surface area contributed by atoms with Crippen LogP contribution in [0.5, 0.6) is 0 Å². The maximum atomic E-state index is 13.0. The lowest BCUT2D eigenvalue weighted by Gasteiger charge is -2.48. The summed E-state index contributed by atoms with van der Waals surface area (Å²) < 4.78 is 13.0. The molecule has 1 aliphatic heterocycles. The normalized spacial score (nSPS) is 21.6. The summed E-state index contributed by atoms with van der Waals surface area (Å²) in [5, 5.41) is 2.92. The minimum atomic E-state index is -0.526. The van der Waals surface area contributed by atoms with E-state index in [1.165, 1.54) is 67.7 Å². The molecule has 2 aliphatic carbocycles. The zero-order valence-electron chi connectivity index (χ0n) is 17.4. The van der Waals surface area contributed by atoms with Gasteiger partial charge in [-0.2, -0.15) is 0 Å². The summed E-state index contributed by atoms with van der Waals surface area (Å²) in [6.45, 7) is 1.38. The maximum Gasteiger partial charge on any atom is 0.312 e. The summed E-state index contributed by atoms with van der Waals surface area (Å²) >= 11 is 0. The van der Waals surface area contributed by atoms with Crippen LogP contribution in [0.15, 0.2) is 24.3 Å². The molecular formula is C23H30FN3O3. The Balaban J connectivity index is 1.23. The first-order valence-electron chi connectivity index (χ1n) is 11.1. The van der Waals surface area contributed by atoms with Crippen LogP contribution in [0, 0.1) is 11.2 Å². The molecule has 3 aliphatic rings. The van der Waals surface area contributed by atoms with E-state index >= 15 is 0 Å². The van der Waals surface area contributed by atoms with E-state index in [0.29, 0.717) is 37.2 Å². The molecule has 1 aromatic carbocycles. The van der Waals surface area contributed by atoms with Gasteiger partial charge in [-0.1, -0.05) is 25.7 Å². The van der Waals surface area contributed by atoms with E-state index < -0.39 is 11.8 Å². The number of rotatable bonds is 2. The van der Waals surface area contributed by atoms with Gasteiger partial charge in [0.1, 0.15) is 5.82 Å². The average molecular weight is 416 g/mol. The first-order chi connectivity index (χ1) is 14.5. The number of carbonyl (C=O) groups excluding carboxylic acids is 3. The Kier molecular flexibility index (Phi) is 6.06. The van der Waals surface area contributed by atoms with Crippen molar-refractivity contribution in [2.24, 2.45) is 5.41 Å². The second-order valence-corrected chi connectivity index (χ2v) is 9.08. The highest BCUT2D eigenvalue weighted by Crippen LogP contribution is 2.50. The number of hydrogen-bond acceptors (Lipinski definition) is 3. The first kappa shape index (κ1) is 20.8. The van der Waals surface area contributed by atoms with Gasteiger partial charge in [0.05, 0.1) is 0 Å². The Bertz CT molecular complexity index is 786. The number of carbonyl (C=O) groups is 3. The lowest BCUT2D eigenvalue weighted by Crippen LogP contribution is -2.57. The lowest BCUT2D eigenvalue weighted by molar-refractivity contribution is -0.148. The van der Waals surface area contributed by atoms with Gasteiger partial charge in [-0.25, -0.2) is 4.39 Å². The standard InChI is InChI=1S/C23H30FN3O3/c24-18-7-5-17(6-8-18)21(29)26-11-13-27(14-12-26)22(30)20(28)25-19-15-23(16-19)9-3-1-2-4-10-23/h5-8,19H,1-4,9-16H2,(H,25,28). The van der Waals surface area contributed by atoms with E-state index in [4.69, 9.17) is 0 Å². The molecule has 1 heterocycles. The van der Waals surface area contributed by atoms with Crippen molar-refractivity contribution in [3.8, 4) is 0 Å². The Morgan fingerprint density at radius 2 is 1.43 bits per heavy atom. The van der Waals surface area contributed by atoms with E-state index in [1.807, 2.05) is 0 Å². The number of piperazine rings is 1. The fourth-order valence-electron chi connectivity index (χ4n) is 5.25. The second-order valence-electron chi connectivity index (χ2n) is 9.08. The van der Waals surface area contributed by atoms with E-state index in [-0.39, 0.29) is 17.8 Å². The molecule has 1 N–H and O–H groups in total. The van der Waals surface area contributed by atoms with E-state index in [2.05, 4.69) is 5.32 Å². The largest absolute Gasteiger partial charge is 0.345 e. The summed E-state index contributed by atoms with van der Waals surface area (Å²) in [5.41, 5.74) is 0.815. The summed E-state index contributed by atoms with van der Waals surface area (Å²) in [4.78, 5) is 40.6. The zero-order valence-corrected chi connectivity index (χ0v) is 17.4. The van der Waals surface area contributed by atoms with Gasteiger partial charge in [0.15, 0.2) is 0 Å². The molecule has 0 aromatic heterocycles. The summed E-state index contributed by atoms with van der Waals surface area (Å²) in [5.74, 6) is -1.60. The van der Waals surface area contributed by atoms with Gasteiger partial charge in [-0.05, 0) is 55.4 Å². The van der Waals surface area contributed by atoms with Crippen molar-refractivity contribution in [1.82, 2.24) is 15.1 Å². The molecule has 1 aromatic rings. The summed E-state index contributed by atoms with van der Waals surface area (Å²) in [6.07, 6.45) is 9.66. The minimum Gasteiger partial charge on any atom is -0.345 e. The molecular weight excluding hydrogens is 385 g/mol. The minimum absolute atomic E-state index is 0.112. The van der Waals surface area contributed by atoms with Crippen molar-refractivity contribution >= 4 is 17.7 Å². The predicted molar refractivity (Wildman–Crippen MR) is 110 cm³/mol. The van der Waals surface area contributed by atoms with Gasteiger partial charge in [0.25, 0.3) is 5.91 Å². The molecule has 7 heteroatoms. The molecule has 0 atom stereocenters. The fraction of sp³-hybridized carbons (Fsp3) is 0.609. The molecule has 4 rings (SSSR count). The molecule has 0 radical (unpaired) electrons. The first-order valence-corrected chi connectivity index (χ1v) is 11.1. The molecule has 30 heavy (non-hydrogen) atoms. The van der Waals surface area contributed by atoms with E-state index in [0.717, 1.165) is 12.8 Å². The van der Waals surface area contributed by atoms with Crippen LogP contribution in [0.1, 0.15) is 61.7 Å². The van der Waals surface area contributed by atoms with Gasteiger partial charge < -0.3 is 15.1 Å². The maximum absolute atomic E-state index is 13.0. The van der Waals surface area contributed by atoms with Crippen molar-refractivity contribution in [1.29, 1.82) is 0 Å². The Morgan fingerprint density at radius 3 is 2.03 bits per heavy atom. The van der Waals surface area contributed by atoms with Crippen LogP contribution in [-0.2, 0) is 9.59 Å². The van der Waals surface area contributed by atoms with Crippen LogP contribution in [0.3, 0.4) is 0 Å². The average Bonchev–Trinajstić information content (AvgIpc) is 2.99. The molecule has 0 unspecified atom stereocenters. The van der Waals surface area contributed by atoms with Crippen LogP contribution in [0.25, 0.3) is 0 Å². The third-order valence-corrected chi connectivity index (χ3v) is 7.00. The van der Waals surface area contributed by atoms with E-state index in [1.54, 1.807) is 4.90 Å². The van der Waals surface area contributed by atoms with Gasteiger partial charge in [0.2, 0.25) is 0 Å². The third-order valence-electron chi connectivity index (χ3n) is 7.00. The van der Waals surface area contributed by atoms with Gasteiger partial charge >= 0.3 is 11.8 Å². The monoisotopic (exact) mass is 415 g/mol. The van der Waals surface area contributed by atoms with Crippen molar-refractivity contribution < 1.29 is 18.8 Å². The lowest BCUT2D eigenvalue weighted by atomic mass is 9.61. The third kappa shape index (κ3) is 4.50. The Hall–Kier alpha value is -2.44.